The lowest BCUT2D eigenvalue weighted by Crippen LogP contribution is -2.08. The second kappa shape index (κ2) is 7.93. The molecule has 0 N–H and O–H groups in total. The van der Waals surface area contributed by atoms with Crippen LogP contribution >= 0.6 is 0 Å². The quantitative estimate of drug-likeness (QED) is 0.377. The van der Waals surface area contributed by atoms with E-state index < -0.39 is 0 Å². The van der Waals surface area contributed by atoms with Crippen LogP contribution in [0.2, 0.25) is 0 Å². The average Bonchev–Trinajstić information content (AvgIpc) is 2.68. The molecule has 0 aliphatic heterocycles. The third kappa shape index (κ3) is 5.41. The van der Waals surface area contributed by atoms with Gasteiger partial charge >= 0.3 is 0 Å². The molecule has 0 aliphatic rings. The maximum absolute atomic E-state index is 11.9. The highest BCUT2D eigenvalue weighted by Gasteiger charge is 2.16. The van der Waals surface area contributed by atoms with Gasteiger partial charge in [-0.15, -0.1) is 0 Å². The Morgan fingerprint density at radius 1 is 1.11 bits per heavy atom. The molecule has 1 aromatic heterocycles. The van der Waals surface area contributed by atoms with E-state index in [1.807, 2.05) is 0 Å². The van der Waals surface area contributed by atoms with E-state index in [0.717, 1.165) is 12.8 Å². The molecule has 1 rings (SSSR count). The van der Waals surface area contributed by atoms with Gasteiger partial charge < -0.3 is 4.42 Å². The van der Waals surface area contributed by atoms with Gasteiger partial charge in [-0.2, -0.15) is 0 Å². The van der Waals surface area contributed by atoms with Crippen LogP contribution in [0.25, 0.3) is 0 Å². The Labute approximate surface area is 115 Å². The Bertz CT molecular complexity index is 429. The van der Waals surface area contributed by atoms with Crippen LogP contribution in [-0.4, -0.2) is 11.6 Å². The van der Waals surface area contributed by atoms with Crippen LogP contribution in [0.15, 0.2) is 10.5 Å². The minimum atomic E-state index is -0.118. The van der Waals surface area contributed by atoms with Crippen molar-refractivity contribution in [1.29, 1.82) is 0 Å². The number of unbranched alkanes of at least 4 members (excludes halogenated alkanes) is 4. The van der Waals surface area contributed by atoms with Gasteiger partial charge in [-0.1, -0.05) is 32.6 Å². The molecule has 3 nitrogen and oxygen atoms in total. The molecule has 0 spiro atoms. The van der Waals surface area contributed by atoms with Crippen molar-refractivity contribution in [3.63, 3.8) is 0 Å². The lowest BCUT2D eigenvalue weighted by atomic mass is 10.0. The molecule has 3 heteroatoms. The molecule has 0 saturated heterocycles. The van der Waals surface area contributed by atoms with E-state index in [1.54, 1.807) is 19.9 Å². The van der Waals surface area contributed by atoms with Gasteiger partial charge in [-0.3, -0.25) is 9.59 Å². The zero-order valence-electron chi connectivity index (χ0n) is 12.3. The Morgan fingerprint density at radius 3 is 2.37 bits per heavy atom. The van der Waals surface area contributed by atoms with Crippen molar-refractivity contribution in [2.75, 3.05) is 0 Å². The summed E-state index contributed by atoms with van der Waals surface area (Å²) >= 11 is 0. The normalized spacial score (nSPS) is 10.7. The molecule has 1 aromatic rings. The Hall–Kier alpha value is -1.38. The number of carbonyl (C=O) groups excluding carboxylic acids is 2. The predicted molar refractivity (Wildman–Crippen MR) is 75.5 cm³/mol. The Morgan fingerprint density at radius 2 is 1.79 bits per heavy atom. The maximum Gasteiger partial charge on any atom is 0.173 e. The van der Waals surface area contributed by atoms with Gasteiger partial charge in [0.05, 0.1) is 12.0 Å². The van der Waals surface area contributed by atoms with Crippen molar-refractivity contribution in [3.8, 4) is 0 Å². The molecule has 1 heterocycles. The monoisotopic (exact) mass is 264 g/mol. The standard InChI is InChI=1S/C16H24O3/c1-4-5-6-7-8-9-14(17)11-16(18)15-10-12(2)19-13(15)3/h10H,4-9,11H2,1-3H3. The number of hydrogen-bond donors (Lipinski definition) is 0. The van der Waals surface area contributed by atoms with Crippen LogP contribution in [-0.2, 0) is 4.79 Å². The minimum Gasteiger partial charge on any atom is -0.466 e. The molecule has 0 radical (unpaired) electrons. The fourth-order valence-electron chi connectivity index (χ4n) is 2.20. The highest BCUT2D eigenvalue weighted by Crippen LogP contribution is 2.16. The van der Waals surface area contributed by atoms with Gasteiger partial charge in [0.1, 0.15) is 17.3 Å². The summed E-state index contributed by atoms with van der Waals surface area (Å²) in [5.41, 5.74) is 0.553. The molecule has 0 aliphatic carbocycles. The van der Waals surface area contributed by atoms with E-state index in [-0.39, 0.29) is 18.0 Å². The molecule has 19 heavy (non-hydrogen) atoms. The number of Topliss-reactive ketones (excluding diaryl/α,β-unsaturated/α-hetero) is 2. The van der Waals surface area contributed by atoms with Gasteiger partial charge in [0, 0.05) is 6.42 Å². The molecule has 0 unspecified atom stereocenters. The van der Waals surface area contributed by atoms with E-state index in [4.69, 9.17) is 4.42 Å². The van der Waals surface area contributed by atoms with Crippen LogP contribution in [0.5, 0.6) is 0 Å². The maximum atomic E-state index is 11.9. The molecular formula is C16H24O3. The first-order valence-corrected chi connectivity index (χ1v) is 7.16. The van der Waals surface area contributed by atoms with Crippen molar-refractivity contribution in [2.24, 2.45) is 0 Å². The number of ketones is 2. The molecule has 106 valence electrons. The third-order valence-electron chi connectivity index (χ3n) is 3.26. The van der Waals surface area contributed by atoms with Gasteiger partial charge in [0.2, 0.25) is 0 Å². The lowest BCUT2D eigenvalue weighted by Gasteiger charge is -2.01. The molecule has 0 bridgehead atoms. The molecule has 0 saturated carbocycles. The molecule has 0 amide bonds. The summed E-state index contributed by atoms with van der Waals surface area (Å²) in [5, 5.41) is 0. The number of carbonyl (C=O) groups is 2. The van der Waals surface area contributed by atoms with E-state index in [0.29, 0.717) is 23.5 Å². The van der Waals surface area contributed by atoms with Crippen LogP contribution < -0.4 is 0 Å². The Balaban J connectivity index is 2.32. The molecular weight excluding hydrogens is 240 g/mol. The van der Waals surface area contributed by atoms with Crippen molar-refractivity contribution in [2.45, 2.75) is 65.7 Å². The topological polar surface area (TPSA) is 47.3 Å². The lowest BCUT2D eigenvalue weighted by molar-refractivity contribution is -0.118. The first-order valence-electron chi connectivity index (χ1n) is 7.16. The fraction of sp³-hybridized carbons (Fsp3) is 0.625. The average molecular weight is 264 g/mol. The second-order valence-electron chi connectivity index (χ2n) is 5.13. The number of furan rings is 1. The van der Waals surface area contributed by atoms with Crippen molar-refractivity contribution in [3.05, 3.63) is 23.2 Å². The summed E-state index contributed by atoms with van der Waals surface area (Å²) < 4.78 is 5.31. The van der Waals surface area contributed by atoms with E-state index in [2.05, 4.69) is 6.92 Å². The first-order chi connectivity index (χ1) is 9.04. The van der Waals surface area contributed by atoms with Crippen LogP contribution in [0.3, 0.4) is 0 Å². The van der Waals surface area contributed by atoms with Crippen LogP contribution in [0.1, 0.15) is 73.7 Å². The number of aryl methyl sites for hydroxylation is 2. The van der Waals surface area contributed by atoms with Gasteiger partial charge in [0.15, 0.2) is 5.78 Å². The number of rotatable bonds is 9. The van der Waals surface area contributed by atoms with Gasteiger partial charge in [0.25, 0.3) is 0 Å². The Kier molecular flexibility index (Phi) is 6.54. The predicted octanol–water partition coefficient (Wildman–Crippen LogP) is 4.40. The summed E-state index contributed by atoms with van der Waals surface area (Å²) in [4.78, 5) is 23.7. The van der Waals surface area contributed by atoms with E-state index >= 15 is 0 Å². The molecule has 0 aromatic carbocycles. The SMILES string of the molecule is CCCCCCCC(=O)CC(=O)c1cc(C)oc1C. The molecule has 0 atom stereocenters. The van der Waals surface area contributed by atoms with Crippen LogP contribution in [0.4, 0.5) is 0 Å². The summed E-state index contributed by atoms with van der Waals surface area (Å²) in [6.07, 6.45) is 6.11. The van der Waals surface area contributed by atoms with Crippen LogP contribution in [0, 0.1) is 13.8 Å². The number of hydrogen-bond acceptors (Lipinski definition) is 3. The van der Waals surface area contributed by atoms with Gasteiger partial charge in [-0.25, -0.2) is 0 Å². The highest BCUT2D eigenvalue weighted by atomic mass is 16.3. The second-order valence-corrected chi connectivity index (χ2v) is 5.13. The highest BCUT2D eigenvalue weighted by molar-refractivity contribution is 6.08. The zero-order chi connectivity index (χ0) is 14.3. The molecule has 0 fully saturated rings. The van der Waals surface area contributed by atoms with Crippen molar-refractivity contribution in [1.82, 2.24) is 0 Å². The summed E-state index contributed by atoms with van der Waals surface area (Å²) in [6, 6.07) is 1.71. The third-order valence-corrected chi connectivity index (χ3v) is 3.26. The van der Waals surface area contributed by atoms with Gasteiger partial charge in [-0.05, 0) is 26.3 Å². The summed E-state index contributed by atoms with van der Waals surface area (Å²) in [6.45, 7) is 5.73. The minimum absolute atomic E-state index is 0.00753. The fourth-order valence-corrected chi connectivity index (χ4v) is 2.20. The zero-order valence-corrected chi connectivity index (χ0v) is 12.3. The summed E-state index contributed by atoms with van der Waals surface area (Å²) in [5.74, 6) is 1.25. The largest absolute Gasteiger partial charge is 0.466 e. The van der Waals surface area contributed by atoms with E-state index in [1.165, 1.54) is 19.3 Å². The van der Waals surface area contributed by atoms with Crippen molar-refractivity contribution < 1.29 is 14.0 Å². The van der Waals surface area contributed by atoms with Crippen molar-refractivity contribution >= 4 is 11.6 Å². The smallest absolute Gasteiger partial charge is 0.173 e. The first kappa shape index (κ1) is 15.7. The summed E-state index contributed by atoms with van der Waals surface area (Å²) in [7, 11) is 0. The van der Waals surface area contributed by atoms with E-state index in [9.17, 15) is 9.59 Å².